The average Bonchev–Trinajstić information content (AvgIpc) is 2.80. The molecule has 1 heterocycles. The first-order valence-electron chi connectivity index (χ1n) is 7.36. The van der Waals surface area contributed by atoms with Crippen LogP contribution in [0.15, 0.2) is 29.6 Å². The number of hydrogen-bond donors (Lipinski definition) is 1. The topological polar surface area (TPSA) is 12.0 Å². The minimum absolute atomic E-state index is 0.736. The fourth-order valence-electron chi connectivity index (χ4n) is 2.44. The third-order valence-corrected chi connectivity index (χ3v) is 4.65. The number of nitrogens with one attached hydrogen (secondary N) is 1. The van der Waals surface area contributed by atoms with Crippen molar-refractivity contribution in [3.63, 3.8) is 0 Å². The van der Waals surface area contributed by atoms with Gasteiger partial charge >= 0.3 is 0 Å². The SMILES string of the molecule is CCC(CNCC(C)C)Cc1csc2ccccc12. The van der Waals surface area contributed by atoms with Gasteiger partial charge in [0.05, 0.1) is 0 Å². The first kappa shape index (κ1) is 14.5. The van der Waals surface area contributed by atoms with Gasteiger partial charge in [0.1, 0.15) is 0 Å². The molecule has 0 saturated heterocycles. The molecule has 0 aliphatic rings. The van der Waals surface area contributed by atoms with Gasteiger partial charge in [-0.25, -0.2) is 0 Å². The fourth-order valence-corrected chi connectivity index (χ4v) is 3.41. The van der Waals surface area contributed by atoms with Gasteiger partial charge in [-0.3, -0.25) is 0 Å². The molecule has 0 aliphatic carbocycles. The van der Waals surface area contributed by atoms with Crippen molar-refractivity contribution < 1.29 is 0 Å². The van der Waals surface area contributed by atoms with Crippen LogP contribution in [-0.2, 0) is 6.42 Å². The van der Waals surface area contributed by atoms with Gasteiger partial charge in [0, 0.05) is 4.70 Å². The Morgan fingerprint density at radius 1 is 1.16 bits per heavy atom. The first-order valence-corrected chi connectivity index (χ1v) is 8.24. The molecule has 0 aliphatic heterocycles. The number of fused-ring (bicyclic) bond motifs is 1. The van der Waals surface area contributed by atoms with Crippen LogP contribution in [0.3, 0.4) is 0 Å². The van der Waals surface area contributed by atoms with E-state index in [9.17, 15) is 0 Å². The number of benzene rings is 1. The molecule has 2 heteroatoms. The molecular weight excluding hydrogens is 250 g/mol. The van der Waals surface area contributed by atoms with Gasteiger partial charge in [0.25, 0.3) is 0 Å². The van der Waals surface area contributed by atoms with Crippen molar-refractivity contribution >= 4 is 21.4 Å². The second kappa shape index (κ2) is 7.06. The second-order valence-electron chi connectivity index (χ2n) is 5.79. The highest BCUT2D eigenvalue weighted by Gasteiger charge is 2.11. The number of hydrogen-bond acceptors (Lipinski definition) is 2. The minimum Gasteiger partial charge on any atom is -0.316 e. The molecule has 1 N–H and O–H groups in total. The molecule has 0 bridgehead atoms. The van der Waals surface area contributed by atoms with Crippen molar-refractivity contribution in [2.24, 2.45) is 11.8 Å². The van der Waals surface area contributed by atoms with E-state index in [0.29, 0.717) is 0 Å². The Morgan fingerprint density at radius 3 is 2.68 bits per heavy atom. The Morgan fingerprint density at radius 2 is 1.95 bits per heavy atom. The highest BCUT2D eigenvalue weighted by molar-refractivity contribution is 7.17. The van der Waals surface area contributed by atoms with E-state index >= 15 is 0 Å². The van der Waals surface area contributed by atoms with E-state index in [1.165, 1.54) is 28.5 Å². The molecule has 19 heavy (non-hydrogen) atoms. The second-order valence-corrected chi connectivity index (χ2v) is 6.70. The quantitative estimate of drug-likeness (QED) is 0.771. The fraction of sp³-hybridized carbons (Fsp3) is 0.529. The third kappa shape index (κ3) is 4.05. The van der Waals surface area contributed by atoms with Crippen LogP contribution in [0.2, 0.25) is 0 Å². The largest absolute Gasteiger partial charge is 0.316 e. The molecule has 0 amide bonds. The van der Waals surface area contributed by atoms with E-state index in [1.54, 1.807) is 0 Å². The lowest BCUT2D eigenvalue weighted by molar-refractivity contribution is 0.438. The van der Waals surface area contributed by atoms with Crippen LogP contribution in [-0.4, -0.2) is 13.1 Å². The van der Waals surface area contributed by atoms with Gasteiger partial charge in [-0.15, -0.1) is 11.3 Å². The molecule has 0 saturated carbocycles. The zero-order valence-corrected chi connectivity index (χ0v) is 13.1. The lowest BCUT2D eigenvalue weighted by atomic mass is 9.96. The van der Waals surface area contributed by atoms with Crippen LogP contribution in [0.4, 0.5) is 0 Å². The normalized spacial score (nSPS) is 13.3. The molecule has 104 valence electrons. The summed E-state index contributed by atoms with van der Waals surface area (Å²) in [5.74, 6) is 1.48. The standard InChI is InChI=1S/C17H25NS/c1-4-14(11-18-10-13(2)3)9-15-12-19-17-8-6-5-7-16(15)17/h5-8,12-14,18H,4,9-11H2,1-3H3. The zero-order valence-electron chi connectivity index (χ0n) is 12.3. The van der Waals surface area contributed by atoms with Crippen LogP contribution >= 0.6 is 11.3 Å². The molecule has 0 radical (unpaired) electrons. The Kier molecular flexibility index (Phi) is 5.41. The highest BCUT2D eigenvalue weighted by Crippen LogP contribution is 2.28. The molecule has 1 aromatic heterocycles. The summed E-state index contributed by atoms with van der Waals surface area (Å²) < 4.78 is 1.42. The molecule has 0 fully saturated rings. The van der Waals surface area contributed by atoms with Gasteiger partial charge in [-0.05, 0) is 53.7 Å². The Balaban J connectivity index is 1.97. The van der Waals surface area contributed by atoms with Crippen molar-refractivity contribution in [3.05, 3.63) is 35.2 Å². The molecular formula is C17H25NS. The van der Waals surface area contributed by atoms with Crippen molar-refractivity contribution in [2.75, 3.05) is 13.1 Å². The van der Waals surface area contributed by atoms with E-state index in [2.05, 4.69) is 55.7 Å². The summed E-state index contributed by atoms with van der Waals surface area (Å²) in [5, 5.41) is 7.40. The monoisotopic (exact) mass is 275 g/mol. The first-order chi connectivity index (χ1) is 9.20. The maximum absolute atomic E-state index is 3.60. The Hall–Kier alpha value is -0.860. The molecule has 2 rings (SSSR count). The lowest BCUT2D eigenvalue weighted by Gasteiger charge is -2.16. The van der Waals surface area contributed by atoms with Crippen molar-refractivity contribution in [2.45, 2.75) is 33.6 Å². The maximum atomic E-state index is 3.60. The van der Waals surface area contributed by atoms with Gasteiger partial charge in [0.15, 0.2) is 0 Å². The van der Waals surface area contributed by atoms with Gasteiger partial charge in [-0.1, -0.05) is 45.4 Å². The van der Waals surface area contributed by atoms with Crippen molar-refractivity contribution in [1.29, 1.82) is 0 Å². The summed E-state index contributed by atoms with van der Waals surface area (Å²) in [4.78, 5) is 0. The highest BCUT2D eigenvalue weighted by atomic mass is 32.1. The van der Waals surface area contributed by atoms with E-state index < -0.39 is 0 Å². The van der Waals surface area contributed by atoms with E-state index in [4.69, 9.17) is 0 Å². The van der Waals surface area contributed by atoms with Crippen LogP contribution < -0.4 is 5.32 Å². The summed E-state index contributed by atoms with van der Waals surface area (Å²) in [6.07, 6.45) is 2.45. The lowest BCUT2D eigenvalue weighted by Crippen LogP contribution is -2.27. The smallest absolute Gasteiger partial charge is 0.0345 e. The summed E-state index contributed by atoms with van der Waals surface area (Å²) in [6.45, 7) is 9.09. The van der Waals surface area contributed by atoms with Crippen LogP contribution in [0.25, 0.3) is 10.1 Å². The van der Waals surface area contributed by atoms with Gasteiger partial charge in [0.2, 0.25) is 0 Å². The average molecular weight is 275 g/mol. The Bertz CT molecular complexity index is 501. The summed E-state index contributed by atoms with van der Waals surface area (Å²) >= 11 is 1.87. The van der Waals surface area contributed by atoms with Crippen LogP contribution in [0, 0.1) is 11.8 Å². The van der Waals surface area contributed by atoms with Gasteiger partial charge < -0.3 is 5.32 Å². The molecule has 1 nitrogen and oxygen atoms in total. The van der Waals surface area contributed by atoms with E-state index in [1.807, 2.05) is 11.3 Å². The molecule has 1 aromatic carbocycles. The molecule has 1 atom stereocenters. The van der Waals surface area contributed by atoms with Gasteiger partial charge in [-0.2, -0.15) is 0 Å². The summed E-state index contributed by atoms with van der Waals surface area (Å²) in [7, 11) is 0. The predicted molar refractivity (Wildman–Crippen MR) is 87.0 cm³/mol. The predicted octanol–water partition coefficient (Wildman–Crippen LogP) is 4.72. The van der Waals surface area contributed by atoms with Crippen LogP contribution in [0.5, 0.6) is 0 Å². The minimum atomic E-state index is 0.736. The molecule has 1 unspecified atom stereocenters. The number of thiophene rings is 1. The maximum Gasteiger partial charge on any atom is 0.0345 e. The summed E-state index contributed by atoms with van der Waals surface area (Å²) in [6, 6.07) is 8.76. The summed E-state index contributed by atoms with van der Waals surface area (Å²) in [5.41, 5.74) is 1.53. The molecule has 2 aromatic rings. The van der Waals surface area contributed by atoms with E-state index in [0.717, 1.165) is 24.9 Å². The zero-order chi connectivity index (χ0) is 13.7. The van der Waals surface area contributed by atoms with Crippen molar-refractivity contribution in [3.8, 4) is 0 Å². The molecule has 0 spiro atoms. The Labute approximate surface area is 121 Å². The van der Waals surface area contributed by atoms with Crippen LogP contribution in [0.1, 0.15) is 32.8 Å². The third-order valence-electron chi connectivity index (χ3n) is 3.63. The van der Waals surface area contributed by atoms with E-state index in [-0.39, 0.29) is 0 Å². The van der Waals surface area contributed by atoms with Crippen molar-refractivity contribution in [1.82, 2.24) is 5.32 Å². The number of rotatable bonds is 7.